The fourth-order valence-corrected chi connectivity index (χ4v) is 2.52. The molecule has 0 spiro atoms. The summed E-state index contributed by atoms with van der Waals surface area (Å²) in [5, 5.41) is 6.77. The molecule has 0 aliphatic carbocycles. The minimum atomic E-state index is 0.505. The van der Waals surface area contributed by atoms with E-state index in [0.29, 0.717) is 17.9 Å². The molecule has 1 aromatic heterocycles. The van der Waals surface area contributed by atoms with E-state index < -0.39 is 0 Å². The monoisotopic (exact) mass is 263 g/mol. The zero-order valence-corrected chi connectivity index (χ0v) is 12.2. The molecule has 2 rings (SSSR count). The van der Waals surface area contributed by atoms with Crippen molar-refractivity contribution in [1.29, 1.82) is 0 Å². The number of anilines is 2. The Kier molecular flexibility index (Phi) is 4.96. The predicted octanol–water partition coefficient (Wildman–Crippen LogP) is 2.05. The first-order valence-corrected chi connectivity index (χ1v) is 7.21. The zero-order valence-electron chi connectivity index (χ0n) is 12.2. The summed E-state index contributed by atoms with van der Waals surface area (Å²) >= 11 is 0. The van der Waals surface area contributed by atoms with Crippen LogP contribution >= 0.6 is 0 Å². The van der Waals surface area contributed by atoms with Crippen LogP contribution in [0.4, 0.5) is 11.8 Å². The van der Waals surface area contributed by atoms with Crippen molar-refractivity contribution in [2.45, 2.75) is 32.7 Å². The van der Waals surface area contributed by atoms with Gasteiger partial charge in [0.15, 0.2) is 0 Å². The highest BCUT2D eigenvalue weighted by molar-refractivity contribution is 5.40. The average Bonchev–Trinajstić information content (AvgIpc) is 2.40. The van der Waals surface area contributed by atoms with Crippen LogP contribution in [0.3, 0.4) is 0 Å². The van der Waals surface area contributed by atoms with Gasteiger partial charge in [-0.3, -0.25) is 0 Å². The van der Waals surface area contributed by atoms with E-state index in [4.69, 9.17) is 0 Å². The Morgan fingerprint density at radius 3 is 3.05 bits per heavy atom. The van der Waals surface area contributed by atoms with Gasteiger partial charge < -0.3 is 15.5 Å². The van der Waals surface area contributed by atoms with Gasteiger partial charge in [0.2, 0.25) is 5.95 Å². The first kappa shape index (κ1) is 14.1. The maximum Gasteiger partial charge on any atom is 0.224 e. The van der Waals surface area contributed by atoms with Crippen LogP contribution in [0, 0.1) is 5.92 Å². The third-order valence-electron chi connectivity index (χ3n) is 3.63. The van der Waals surface area contributed by atoms with Gasteiger partial charge in [0, 0.05) is 25.3 Å². The highest BCUT2D eigenvalue weighted by Crippen LogP contribution is 2.19. The zero-order chi connectivity index (χ0) is 13.7. The lowest BCUT2D eigenvalue weighted by atomic mass is 9.94. The molecule has 1 aliphatic heterocycles. The number of aromatic nitrogens is 2. The Balaban J connectivity index is 1.94. The lowest BCUT2D eigenvalue weighted by Crippen LogP contribution is -2.43. The molecular weight excluding hydrogens is 238 g/mol. The van der Waals surface area contributed by atoms with Gasteiger partial charge >= 0.3 is 0 Å². The summed E-state index contributed by atoms with van der Waals surface area (Å²) < 4.78 is 0. The summed E-state index contributed by atoms with van der Waals surface area (Å²) in [6.45, 7) is 7.63. The van der Waals surface area contributed by atoms with Crippen LogP contribution in [0.5, 0.6) is 0 Å². The Bertz CT molecular complexity index is 395. The van der Waals surface area contributed by atoms with E-state index in [-0.39, 0.29) is 0 Å². The Morgan fingerprint density at radius 1 is 1.47 bits per heavy atom. The number of hydrogen-bond acceptors (Lipinski definition) is 5. The SMILES string of the molecule is CCCNc1nccc(NC2CCN(C)CC2C)n1. The molecular formula is C14H25N5. The van der Waals surface area contributed by atoms with Gasteiger partial charge in [-0.1, -0.05) is 13.8 Å². The van der Waals surface area contributed by atoms with E-state index in [0.717, 1.165) is 31.9 Å². The molecule has 0 bridgehead atoms. The molecule has 1 saturated heterocycles. The average molecular weight is 263 g/mol. The lowest BCUT2D eigenvalue weighted by Gasteiger charge is -2.35. The maximum atomic E-state index is 4.51. The van der Waals surface area contributed by atoms with Crippen molar-refractivity contribution in [3.8, 4) is 0 Å². The second kappa shape index (κ2) is 6.70. The fraction of sp³-hybridized carbons (Fsp3) is 0.714. The first-order valence-electron chi connectivity index (χ1n) is 7.21. The standard InChI is InChI=1S/C14H25N5/c1-4-7-15-14-16-8-5-13(18-14)17-12-6-9-19(3)10-11(12)2/h5,8,11-12H,4,6-7,9-10H2,1-3H3,(H2,15,16,17,18). The quantitative estimate of drug-likeness (QED) is 0.851. The molecule has 2 unspecified atom stereocenters. The second-order valence-corrected chi connectivity index (χ2v) is 5.47. The van der Waals surface area contributed by atoms with Gasteiger partial charge in [-0.25, -0.2) is 4.98 Å². The van der Waals surface area contributed by atoms with Gasteiger partial charge in [0.1, 0.15) is 5.82 Å². The molecule has 5 nitrogen and oxygen atoms in total. The van der Waals surface area contributed by atoms with Crippen molar-refractivity contribution in [3.63, 3.8) is 0 Å². The Labute approximate surface area is 115 Å². The third-order valence-corrected chi connectivity index (χ3v) is 3.63. The molecule has 0 saturated carbocycles. The van der Waals surface area contributed by atoms with Crippen LogP contribution < -0.4 is 10.6 Å². The van der Waals surface area contributed by atoms with Crippen LogP contribution in [0.25, 0.3) is 0 Å². The van der Waals surface area contributed by atoms with E-state index in [9.17, 15) is 0 Å². The molecule has 106 valence electrons. The van der Waals surface area contributed by atoms with E-state index >= 15 is 0 Å². The number of nitrogens with zero attached hydrogens (tertiary/aromatic N) is 3. The van der Waals surface area contributed by atoms with Crippen molar-refractivity contribution in [2.75, 3.05) is 37.3 Å². The normalized spacial score (nSPS) is 24.2. The summed E-state index contributed by atoms with van der Waals surface area (Å²) in [5.74, 6) is 2.28. The minimum Gasteiger partial charge on any atom is -0.367 e. The van der Waals surface area contributed by atoms with E-state index in [2.05, 4.69) is 46.4 Å². The first-order chi connectivity index (χ1) is 9.19. The molecule has 2 heterocycles. The van der Waals surface area contributed by atoms with Gasteiger partial charge in [-0.15, -0.1) is 0 Å². The maximum absolute atomic E-state index is 4.51. The predicted molar refractivity (Wildman–Crippen MR) is 79.5 cm³/mol. The fourth-order valence-electron chi connectivity index (χ4n) is 2.52. The summed E-state index contributed by atoms with van der Waals surface area (Å²) in [4.78, 5) is 11.1. The Hall–Kier alpha value is -1.36. The molecule has 1 aliphatic rings. The number of likely N-dealkylation sites (tertiary alicyclic amines) is 1. The number of hydrogen-bond donors (Lipinski definition) is 2. The van der Waals surface area contributed by atoms with Crippen LogP contribution in [-0.4, -0.2) is 47.6 Å². The van der Waals surface area contributed by atoms with Gasteiger partial charge in [0.05, 0.1) is 0 Å². The lowest BCUT2D eigenvalue weighted by molar-refractivity contribution is 0.206. The van der Waals surface area contributed by atoms with Crippen LogP contribution in [0.1, 0.15) is 26.7 Å². The van der Waals surface area contributed by atoms with Crippen molar-refractivity contribution >= 4 is 11.8 Å². The minimum absolute atomic E-state index is 0.505. The van der Waals surface area contributed by atoms with Gasteiger partial charge in [-0.05, 0) is 38.4 Å². The van der Waals surface area contributed by atoms with Crippen molar-refractivity contribution in [3.05, 3.63) is 12.3 Å². The smallest absolute Gasteiger partial charge is 0.224 e. The van der Waals surface area contributed by atoms with E-state index in [1.807, 2.05) is 12.3 Å². The van der Waals surface area contributed by atoms with E-state index in [1.165, 1.54) is 6.42 Å². The number of rotatable bonds is 5. The van der Waals surface area contributed by atoms with Crippen LogP contribution in [0.15, 0.2) is 12.3 Å². The van der Waals surface area contributed by atoms with Crippen molar-refractivity contribution < 1.29 is 0 Å². The largest absolute Gasteiger partial charge is 0.367 e. The van der Waals surface area contributed by atoms with Crippen LogP contribution in [0.2, 0.25) is 0 Å². The molecule has 19 heavy (non-hydrogen) atoms. The topological polar surface area (TPSA) is 53.1 Å². The van der Waals surface area contributed by atoms with Crippen LogP contribution in [-0.2, 0) is 0 Å². The second-order valence-electron chi connectivity index (χ2n) is 5.47. The molecule has 0 aromatic carbocycles. The van der Waals surface area contributed by atoms with Crippen molar-refractivity contribution in [2.24, 2.45) is 5.92 Å². The molecule has 1 aromatic rings. The summed E-state index contributed by atoms with van der Waals surface area (Å²) in [5.41, 5.74) is 0. The molecule has 1 fully saturated rings. The Morgan fingerprint density at radius 2 is 2.32 bits per heavy atom. The van der Waals surface area contributed by atoms with Crippen molar-refractivity contribution in [1.82, 2.24) is 14.9 Å². The summed E-state index contributed by atoms with van der Waals surface area (Å²) in [6.07, 6.45) is 4.05. The molecule has 0 amide bonds. The van der Waals surface area contributed by atoms with Gasteiger partial charge in [-0.2, -0.15) is 4.98 Å². The number of piperidine rings is 1. The van der Waals surface area contributed by atoms with Gasteiger partial charge in [0.25, 0.3) is 0 Å². The highest BCUT2D eigenvalue weighted by atomic mass is 15.2. The summed E-state index contributed by atoms with van der Waals surface area (Å²) in [6, 6.07) is 2.45. The third kappa shape index (κ3) is 4.06. The molecule has 5 heteroatoms. The van der Waals surface area contributed by atoms with E-state index in [1.54, 1.807) is 0 Å². The molecule has 2 N–H and O–H groups in total. The highest BCUT2D eigenvalue weighted by Gasteiger charge is 2.24. The molecule has 2 atom stereocenters. The number of nitrogens with one attached hydrogen (secondary N) is 2. The molecule has 0 radical (unpaired) electrons. The summed E-state index contributed by atoms with van der Waals surface area (Å²) in [7, 11) is 2.18.